The summed E-state index contributed by atoms with van der Waals surface area (Å²) in [6, 6.07) is -0.0632. The second-order valence-corrected chi connectivity index (χ2v) is 10.8. The Bertz CT molecular complexity index is 1130. The standard InChI is InChI=1S/C24H38N10O3/c1-17(35)32-12-11-30(23(36)37-24(2,3)4)15-20(32)34-21-18(13-27-16-28-21)29-22(34)19-14-26-7-10-33(19)31-8-5-25-6-9-31/h13,16,19-20,25-26H,5-12,14-15H2,1-4H3. The van der Waals surface area contributed by atoms with E-state index in [4.69, 9.17) is 9.72 Å². The van der Waals surface area contributed by atoms with Crippen LogP contribution in [0.5, 0.6) is 0 Å². The van der Waals surface area contributed by atoms with Gasteiger partial charge >= 0.3 is 6.09 Å². The largest absolute Gasteiger partial charge is 0.444 e. The van der Waals surface area contributed by atoms with Crippen molar-refractivity contribution in [2.24, 2.45) is 0 Å². The Morgan fingerprint density at radius 2 is 1.81 bits per heavy atom. The molecule has 0 radical (unpaired) electrons. The molecule has 2 unspecified atom stereocenters. The highest BCUT2D eigenvalue weighted by molar-refractivity contribution is 5.76. The van der Waals surface area contributed by atoms with E-state index in [0.717, 1.165) is 45.1 Å². The number of nitrogens with one attached hydrogen (secondary N) is 2. The molecule has 0 saturated carbocycles. The maximum atomic E-state index is 13.0. The van der Waals surface area contributed by atoms with E-state index in [2.05, 4.69) is 30.6 Å². The second kappa shape index (κ2) is 10.5. The topological polar surface area (TPSA) is 124 Å². The third kappa shape index (κ3) is 5.40. The van der Waals surface area contributed by atoms with Gasteiger partial charge in [-0.25, -0.2) is 29.8 Å². The van der Waals surface area contributed by atoms with Crippen molar-refractivity contribution in [3.8, 4) is 0 Å². The van der Waals surface area contributed by atoms with Gasteiger partial charge in [0, 0.05) is 65.8 Å². The lowest BCUT2D eigenvalue weighted by Gasteiger charge is -2.46. The number of hydrazine groups is 1. The first kappa shape index (κ1) is 25.8. The fourth-order valence-corrected chi connectivity index (χ4v) is 5.41. The maximum absolute atomic E-state index is 13.0. The van der Waals surface area contributed by atoms with Crippen LogP contribution in [0.1, 0.15) is 45.7 Å². The van der Waals surface area contributed by atoms with Crippen LogP contribution in [0.15, 0.2) is 12.5 Å². The highest BCUT2D eigenvalue weighted by Gasteiger charge is 2.40. The van der Waals surface area contributed by atoms with Gasteiger partial charge in [0.05, 0.1) is 18.8 Å². The van der Waals surface area contributed by atoms with Gasteiger partial charge in [-0.3, -0.25) is 9.36 Å². The average molecular weight is 515 g/mol. The van der Waals surface area contributed by atoms with Crippen LogP contribution in [0, 0.1) is 0 Å². The van der Waals surface area contributed by atoms with Gasteiger partial charge in [0.2, 0.25) is 5.91 Å². The summed E-state index contributed by atoms with van der Waals surface area (Å²) in [7, 11) is 0. The highest BCUT2D eigenvalue weighted by atomic mass is 16.6. The van der Waals surface area contributed by atoms with E-state index in [0.29, 0.717) is 30.8 Å². The van der Waals surface area contributed by atoms with Crippen molar-refractivity contribution in [1.29, 1.82) is 0 Å². The van der Waals surface area contributed by atoms with E-state index < -0.39 is 11.8 Å². The van der Waals surface area contributed by atoms with Gasteiger partial charge < -0.3 is 25.2 Å². The summed E-state index contributed by atoms with van der Waals surface area (Å²) >= 11 is 0. The number of hydrogen-bond donors (Lipinski definition) is 2. The molecule has 5 rings (SSSR count). The van der Waals surface area contributed by atoms with Gasteiger partial charge in [-0.2, -0.15) is 0 Å². The average Bonchev–Trinajstić information content (AvgIpc) is 3.27. The van der Waals surface area contributed by atoms with Crippen molar-refractivity contribution in [3.63, 3.8) is 0 Å². The summed E-state index contributed by atoms with van der Waals surface area (Å²) in [6.45, 7) is 14.4. The molecule has 2 atom stereocenters. The molecule has 13 nitrogen and oxygen atoms in total. The molecule has 37 heavy (non-hydrogen) atoms. The van der Waals surface area contributed by atoms with Crippen LogP contribution in [-0.2, 0) is 9.53 Å². The zero-order chi connectivity index (χ0) is 26.2. The molecule has 2 aromatic heterocycles. The first-order valence-electron chi connectivity index (χ1n) is 13.1. The zero-order valence-corrected chi connectivity index (χ0v) is 22.2. The second-order valence-electron chi connectivity index (χ2n) is 10.8. The third-order valence-corrected chi connectivity index (χ3v) is 7.06. The van der Waals surface area contributed by atoms with E-state index >= 15 is 0 Å². The van der Waals surface area contributed by atoms with Crippen molar-refractivity contribution >= 4 is 23.2 Å². The summed E-state index contributed by atoms with van der Waals surface area (Å²) in [6.07, 6.45) is 2.35. The van der Waals surface area contributed by atoms with Crippen LogP contribution >= 0.6 is 0 Å². The number of piperazine rings is 3. The van der Waals surface area contributed by atoms with Crippen LogP contribution in [0.3, 0.4) is 0 Å². The maximum Gasteiger partial charge on any atom is 0.410 e. The molecule has 0 spiro atoms. The Morgan fingerprint density at radius 1 is 1.05 bits per heavy atom. The fraction of sp³-hybridized carbons (Fsp3) is 0.708. The number of imidazole rings is 1. The highest BCUT2D eigenvalue weighted by Crippen LogP contribution is 2.32. The molecule has 2 aromatic rings. The van der Waals surface area contributed by atoms with Gasteiger partial charge in [0.25, 0.3) is 0 Å². The molecule has 2 amide bonds. The number of nitrogens with zero attached hydrogens (tertiary/aromatic N) is 8. The summed E-state index contributed by atoms with van der Waals surface area (Å²) in [4.78, 5) is 43.2. The van der Waals surface area contributed by atoms with Crippen molar-refractivity contribution in [2.75, 3.05) is 65.4 Å². The Kier molecular flexibility index (Phi) is 7.30. The molecule has 3 saturated heterocycles. The first-order valence-corrected chi connectivity index (χ1v) is 13.1. The van der Waals surface area contributed by atoms with E-state index in [9.17, 15) is 9.59 Å². The van der Waals surface area contributed by atoms with Gasteiger partial charge in [0.1, 0.15) is 29.4 Å². The van der Waals surface area contributed by atoms with E-state index in [1.807, 2.05) is 25.3 Å². The SMILES string of the molecule is CC(=O)N1CCN(C(=O)OC(C)(C)C)CC1n1c(C2CNCCN2N2CCNCC2)nc2cncnc21. The number of aromatic nitrogens is 4. The van der Waals surface area contributed by atoms with E-state index in [1.54, 1.807) is 22.9 Å². The van der Waals surface area contributed by atoms with Crippen molar-refractivity contribution in [2.45, 2.75) is 45.5 Å². The normalized spacial score (nSPS) is 24.4. The number of carbonyl (C=O) groups excluding carboxylic acids is 2. The van der Waals surface area contributed by atoms with Crippen molar-refractivity contribution in [1.82, 2.24) is 50.0 Å². The predicted octanol–water partition coefficient (Wildman–Crippen LogP) is 0.191. The summed E-state index contributed by atoms with van der Waals surface area (Å²) in [5, 5.41) is 11.7. The molecule has 13 heteroatoms. The lowest BCUT2D eigenvalue weighted by Crippen LogP contribution is -2.59. The van der Waals surface area contributed by atoms with Crippen LogP contribution in [0.25, 0.3) is 11.2 Å². The molecule has 5 heterocycles. The van der Waals surface area contributed by atoms with E-state index in [1.165, 1.54) is 6.33 Å². The zero-order valence-electron chi connectivity index (χ0n) is 22.2. The quantitative estimate of drug-likeness (QED) is 0.587. The molecule has 2 N–H and O–H groups in total. The fourth-order valence-electron chi connectivity index (χ4n) is 5.41. The Labute approximate surface area is 217 Å². The minimum atomic E-state index is -0.609. The minimum absolute atomic E-state index is 0.0589. The van der Waals surface area contributed by atoms with Crippen LogP contribution < -0.4 is 10.6 Å². The smallest absolute Gasteiger partial charge is 0.410 e. The van der Waals surface area contributed by atoms with Crippen molar-refractivity contribution < 1.29 is 14.3 Å². The first-order chi connectivity index (χ1) is 17.7. The molecule has 0 aromatic carbocycles. The number of rotatable bonds is 3. The Morgan fingerprint density at radius 3 is 2.54 bits per heavy atom. The number of fused-ring (bicyclic) bond motifs is 1. The number of hydrogen-bond acceptors (Lipinski definition) is 10. The molecular weight excluding hydrogens is 476 g/mol. The van der Waals surface area contributed by atoms with Gasteiger partial charge in [-0.1, -0.05) is 0 Å². The van der Waals surface area contributed by atoms with Gasteiger partial charge in [-0.05, 0) is 20.8 Å². The van der Waals surface area contributed by atoms with E-state index in [-0.39, 0.29) is 24.6 Å². The van der Waals surface area contributed by atoms with Gasteiger partial charge in [-0.15, -0.1) is 0 Å². The Hall–Kier alpha value is -2.87. The number of ether oxygens (including phenoxy) is 1. The van der Waals surface area contributed by atoms with Crippen LogP contribution in [-0.4, -0.2) is 122 Å². The lowest BCUT2D eigenvalue weighted by atomic mass is 10.1. The monoisotopic (exact) mass is 514 g/mol. The van der Waals surface area contributed by atoms with Crippen LogP contribution in [0.4, 0.5) is 4.79 Å². The molecule has 3 aliphatic heterocycles. The Balaban J connectivity index is 1.56. The molecule has 202 valence electrons. The molecular formula is C24H38N10O3. The molecule has 3 fully saturated rings. The number of amides is 2. The van der Waals surface area contributed by atoms with Crippen LogP contribution in [0.2, 0.25) is 0 Å². The molecule has 3 aliphatic rings. The lowest BCUT2D eigenvalue weighted by molar-refractivity contribution is -0.136. The molecule has 0 bridgehead atoms. The van der Waals surface area contributed by atoms with Gasteiger partial charge in [0.15, 0.2) is 5.65 Å². The number of carbonyl (C=O) groups is 2. The third-order valence-electron chi connectivity index (χ3n) is 7.06. The molecule has 0 aliphatic carbocycles. The summed E-state index contributed by atoms with van der Waals surface area (Å²) < 4.78 is 7.71. The summed E-state index contributed by atoms with van der Waals surface area (Å²) in [5.41, 5.74) is 0.710. The summed E-state index contributed by atoms with van der Waals surface area (Å²) in [5.74, 6) is 0.750. The predicted molar refractivity (Wildman–Crippen MR) is 136 cm³/mol. The van der Waals surface area contributed by atoms with Crippen molar-refractivity contribution in [3.05, 3.63) is 18.3 Å². The minimum Gasteiger partial charge on any atom is -0.444 e.